The Labute approximate surface area is 352 Å². The van der Waals surface area contributed by atoms with Crippen LogP contribution < -0.4 is 0 Å². The van der Waals surface area contributed by atoms with Crippen LogP contribution in [0.5, 0.6) is 0 Å². The molecule has 0 aliphatic heterocycles. The highest BCUT2D eigenvalue weighted by Crippen LogP contribution is 2.45. The minimum absolute atomic E-state index is 0.446. The van der Waals surface area contributed by atoms with Gasteiger partial charge in [0.1, 0.15) is 0 Å². The molecule has 0 spiro atoms. The lowest BCUT2D eigenvalue weighted by Gasteiger charge is -2.22. The number of para-hydroxylation sites is 1. The van der Waals surface area contributed by atoms with E-state index in [1.807, 2.05) is 146 Å². The highest BCUT2D eigenvalue weighted by atomic mass is 15.0. The van der Waals surface area contributed by atoms with Crippen molar-refractivity contribution < 1.29 is 0 Å². The van der Waals surface area contributed by atoms with Crippen molar-refractivity contribution in [3.05, 3.63) is 211 Å². The molecule has 8 aromatic carbocycles. The van der Waals surface area contributed by atoms with Crippen molar-refractivity contribution in [1.29, 1.82) is 10.5 Å². The first-order valence-corrected chi connectivity index (χ1v) is 19.7. The predicted octanol–water partition coefficient (Wildman–Crippen LogP) is 13.3. The fourth-order valence-corrected chi connectivity index (χ4v) is 8.11. The molecule has 0 atom stereocenters. The zero-order chi connectivity index (χ0) is 41.3. The van der Waals surface area contributed by atoms with Crippen LogP contribution in [0.4, 0.5) is 5.69 Å². The largest absolute Gasteiger partial charge is 0.308 e. The summed E-state index contributed by atoms with van der Waals surface area (Å²) in [6.45, 7) is 7.44. The second-order valence-electron chi connectivity index (χ2n) is 14.5. The monoisotopic (exact) mass is 777 g/mol. The molecule has 2 aromatic heterocycles. The Morgan fingerprint density at radius 1 is 0.410 bits per heavy atom. The van der Waals surface area contributed by atoms with Crippen molar-refractivity contribution in [3.8, 4) is 85.4 Å². The second kappa shape index (κ2) is 15.4. The first kappa shape index (κ1) is 36.4. The molecule has 0 radical (unpaired) electrons. The molecule has 0 saturated carbocycles. The van der Waals surface area contributed by atoms with E-state index in [-0.39, 0.29) is 0 Å². The Kier molecular flexibility index (Phi) is 9.20. The maximum atomic E-state index is 10.6. The standard InChI is InChI=1S/C54H31N7/c1-57-42-27-24-35(25-28-42)38-26-29-50-46(30-38)45-22-12-13-23-49(45)61(50)51-47(43-20-10-8-18-39(43)33-55)31-41(32-48(51)44-21-11-9-19-40(44)34-56)54-59-52(36-14-4-2-5-15-36)58-53(60-54)37-16-6-3-7-17-37/h2-32H. The number of benzene rings is 8. The fourth-order valence-electron chi connectivity index (χ4n) is 8.11. The zero-order valence-electron chi connectivity index (χ0n) is 32.5. The Hall–Kier alpha value is -8.96. The van der Waals surface area contributed by atoms with E-state index in [1.165, 1.54) is 0 Å². The predicted molar refractivity (Wildman–Crippen MR) is 242 cm³/mol. The summed E-state index contributed by atoms with van der Waals surface area (Å²) in [6, 6.07) is 66.3. The zero-order valence-corrected chi connectivity index (χ0v) is 32.5. The second-order valence-corrected chi connectivity index (χ2v) is 14.5. The van der Waals surface area contributed by atoms with Gasteiger partial charge in [-0.15, -0.1) is 0 Å². The van der Waals surface area contributed by atoms with Gasteiger partial charge in [-0.25, -0.2) is 19.8 Å². The lowest BCUT2D eigenvalue weighted by atomic mass is 9.89. The quantitative estimate of drug-likeness (QED) is 0.150. The van der Waals surface area contributed by atoms with E-state index < -0.39 is 0 Å². The Bertz CT molecular complexity index is 3300. The van der Waals surface area contributed by atoms with Gasteiger partial charge in [-0.05, 0) is 53.6 Å². The molecule has 0 N–H and O–H groups in total. The third-order valence-corrected chi connectivity index (χ3v) is 11.0. The lowest BCUT2D eigenvalue weighted by molar-refractivity contribution is 1.07. The summed E-state index contributed by atoms with van der Waals surface area (Å²) in [5.74, 6) is 1.49. The van der Waals surface area contributed by atoms with E-state index in [9.17, 15) is 10.5 Å². The van der Waals surface area contributed by atoms with Crippen molar-refractivity contribution in [2.24, 2.45) is 0 Å². The van der Waals surface area contributed by atoms with Crippen molar-refractivity contribution in [3.63, 3.8) is 0 Å². The van der Waals surface area contributed by atoms with Crippen LogP contribution in [0.3, 0.4) is 0 Å². The van der Waals surface area contributed by atoms with E-state index >= 15 is 0 Å². The van der Waals surface area contributed by atoms with Gasteiger partial charge in [0.15, 0.2) is 23.2 Å². The maximum absolute atomic E-state index is 10.6. The first-order valence-electron chi connectivity index (χ1n) is 19.7. The summed E-state index contributed by atoms with van der Waals surface area (Å²) in [4.78, 5) is 18.8. The van der Waals surface area contributed by atoms with Gasteiger partial charge in [0, 0.05) is 49.7 Å². The summed E-state index contributed by atoms with van der Waals surface area (Å²) >= 11 is 0. The normalized spacial score (nSPS) is 10.9. The van der Waals surface area contributed by atoms with Crippen LogP contribution >= 0.6 is 0 Å². The molecule has 0 fully saturated rings. The molecule has 0 unspecified atom stereocenters. The topological polar surface area (TPSA) is 95.5 Å². The minimum Gasteiger partial charge on any atom is -0.308 e. The van der Waals surface area contributed by atoms with Gasteiger partial charge in [-0.3, -0.25) is 0 Å². The van der Waals surface area contributed by atoms with Gasteiger partial charge in [0.2, 0.25) is 0 Å². The van der Waals surface area contributed by atoms with E-state index in [2.05, 4.69) is 64.0 Å². The number of aromatic nitrogens is 4. The summed E-state index contributed by atoms with van der Waals surface area (Å²) in [6.07, 6.45) is 0. The Balaban J connectivity index is 1.33. The van der Waals surface area contributed by atoms with Crippen molar-refractivity contribution in [1.82, 2.24) is 19.5 Å². The number of hydrogen-bond acceptors (Lipinski definition) is 5. The van der Waals surface area contributed by atoms with E-state index in [0.717, 1.165) is 72.0 Å². The number of fused-ring (bicyclic) bond motifs is 3. The van der Waals surface area contributed by atoms with Gasteiger partial charge in [0.05, 0.1) is 46.6 Å². The summed E-state index contributed by atoms with van der Waals surface area (Å²) in [5, 5.41) is 23.4. The molecule has 7 nitrogen and oxygen atoms in total. The molecular weight excluding hydrogens is 747 g/mol. The van der Waals surface area contributed by atoms with Crippen molar-refractivity contribution in [2.45, 2.75) is 0 Å². The molecule has 7 heteroatoms. The number of nitrogens with zero attached hydrogens (tertiary/aromatic N) is 7. The third kappa shape index (κ3) is 6.54. The third-order valence-electron chi connectivity index (χ3n) is 11.0. The van der Waals surface area contributed by atoms with Gasteiger partial charge in [0.25, 0.3) is 0 Å². The molecule has 10 rings (SSSR count). The number of rotatable bonds is 7. The van der Waals surface area contributed by atoms with Crippen LogP contribution in [0.25, 0.3) is 99.9 Å². The average Bonchev–Trinajstić information content (AvgIpc) is 3.67. The van der Waals surface area contributed by atoms with Crippen LogP contribution in [0.15, 0.2) is 188 Å². The maximum Gasteiger partial charge on any atom is 0.187 e. The molecule has 0 bridgehead atoms. The summed E-state index contributed by atoms with van der Waals surface area (Å²) in [7, 11) is 0. The van der Waals surface area contributed by atoms with Gasteiger partial charge >= 0.3 is 0 Å². The molecule has 61 heavy (non-hydrogen) atoms. The molecule has 2 heterocycles. The summed E-state index contributed by atoms with van der Waals surface area (Å²) < 4.78 is 2.26. The molecule has 0 saturated heterocycles. The van der Waals surface area contributed by atoms with Crippen LogP contribution in [-0.4, -0.2) is 19.5 Å². The van der Waals surface area contributed by atoms with Crippen molar-refractivity contribution >= 4 is 27.5 Å². The van der Waals surface area contributed by atoms with Crippen LogP contribution in [0.1, 0.15) is 11.1 Å². The Morgan fingerprint density at radius 3 is 1.44 bits per heavy atom. The fraction of sp³-hybridized carbons (Fsp3) is 0. The Morgan fingerprint density at radius 2 is 0.885 bits per heavy atom. The van der Waals surface area contributed by atoms with Crippen LogP contribution in [0, 0.1) is 29.2 Å². The smallest absolute Gasteiger partial charge is 0.187 e. The SMILES string of the molecule is [C-]#[N+]c1ccc(-c2ccc3c(c2)c2ccccc2n3-c2c(-c3ccccc3C#N)cc(-c3nc(-c4ccccc4)nc(-c4ccccc4)n3)cc2-c2ccccc2C#N)cc1. The van der Waals surface area contributed by atoms with E-state index in [4.69, 9.17) is 21.5 Å². The molecule has 10 aromatic rings. The van der Waals surface area contributed by atoms with Crippen LogP contribution in [0.2, 0.25) is 0 Å². The highest BCUT2D eigenvalue weighted by molar-refractivity contribution is 6.12. The average molecular weight is 778 g/mol. The number of hydrogen-bond donors (Lipinski definition) is 0. The summed E-state index contributed by atoms with van der Waals surface area (Å²) in [5.41, 5.74) is 11.7. The lowest BCUT2D eigenvalue weighted by Crippen LogP contribution is -2.05. The van der Waals surface area contributed by atoms with Crippen LogP contribution in [-0.2, 0) is 0 Å². The molecule has 0 aliphatic rings. The van der Waals surface area contributed by atoms with E-state index in [1.54, 1.807) is 0 Å². The highest BCUT2D eigenvalue weighted by Gasteiger charge is 2.25. The molecular formula is C54H31N7. The van der Waals surface area contributed by atoms with Crippen molar-refractivity contribution in [2.75, 3.05) is 0 Å². The first-order chi connectivity index (χ1) is 30.1. The van der Waals surface area contributed by atoms with Gasteiger partial charge in [-0.1, -0.05) is 146 Å². The molecule has 0 amide bonds. The van der Waals surface area contributed by atoms with Gasteiger partial charge < -0.3 is 4.57 Å². The van der Waals surface area contributed by atoms with Gasteiger partial charge in [-0.2, -0.15) is 10.5 Å². The minimum atomic E-state index is 0.446. The molecule has 0 aliphatic carbocycles. The molecule has 282 valence electrons. The van der Waals surface area contributed by atoms with E-state index in [0.29, 0.717) is 39.9 Å². The number of nitriles is 2.